The van der Waals surface area contributed by atoms with Crippen molar-refractivity contribution in [1.82, 2.24) is 9.88 Å². The van der Waals surface area contributed by atoms with Crippen LogP contribution in [-0.2, 0) is 4.74 Å². The molecule has 2 aromatic rings. The number of carbonyl (C=O) groups is 1. The van der Waals surface area contributed by atoms with E-state index in [1.165, 1.54) is 0 Å². The van der Waals surface area contributed by atoms with Gasteiger partial charge in [0, 0.05) is 30.7 Å². The first-order chi connectivity index (χ1) is 11.4. The highest BCUT2D eigenvalue weighted by atomic mass is 16.6. The van der Waals surface area contributed by atoms with Crippen molar-refractivity contribution < 1.29 is 9.53 Å². The number of piperidine rings is 1. The standard InChI is InChI=1S/C19H25N3O2/c1-19(2,3)24-18(23)22-12-6-9-15(13-22)21-16-10-4-7-14-8-5-11-20-17(14)16/h4-5,7-8,10-11,15,21H,6,9,12-13H2,1-3H3/t15-/m1/s1. The van der Waals surface area contributed by atoms with E-state index >= 15 is 0 Å². The van der Waals surface area contributed by atoms with Crippen molar-refractivity contribution in [3.8, 4) is 0 Å². The molecule has 0 radical (unpaired) electrons. The molecule has 0 bridgehead atoms. The zero-order valence-corrected chi connectivity index (χ0v) is 14.6. The molecule has 0 aliphatic carbocycles. The van der Waals surface area contributed by atoms with E-state index in [-0.39, 0.29) is 12.1 Å². The van der Waals surface area contributed by atoms with Gasteiger partial charge in [-0.25, -0.2) is 4.79 Å². The molecule has 1 atom stereocenters. The quantitative estimate of drug-likeness (QED) is 0.904. The predicted octanol–water partition coefficient (Wildman–Crippen LogP) is 4.05. The average Bonchev–Trinajstić information content (AvgIpc) is 2.54. The Balaban J connectivity index is 1.70. The Morgan fingerprint density at radius 2 is 2.08 bits per heavy atom. The molecule has 0 saturated carbocycles. The van der Waals surface area contributed by atoms with Crippen molar-refractivity contribution >= 4 is 22.7 Å². The number of pyridine rings is 1. The lowest BCUT2D eigenvalue weighted by atomic mass is 10.1. The van der Waals surface area contributed by atoms with Crippen LogP contribution in [0.25, 0.3) is 10.9 Å². The third-order valence-corrected chi connectivity index (χ3v) is 4.07. The van der Waals surface area contributed by atoms with Crippen molar-refractivity contribution in [2.75, 3.05) is 18.4 Å². The highest BCUT2D eigenvalue weighted by molar-refractivity contribution is 5.90. The van der Waals surface area contributed by atoms with Crippen molar-refractivity contribution in [2.24, 2.45) is 0 Å². The van der Waals surface area contributed by atoms with Gasteiger partial charge < -0.3 is 15.0 Å². The summed E-state index contributed by atoms with van der Waals surface area (Å²) in [5, 5.41) is 4.67. The van der Waals surface area contributed by atoms with Gasteiger partial charge in [0.25, 0.3) is 0 Å². The number of anilines is 1. The van der Waals surface area contributed by atoms with Gasteiger partial charge in [-0.05, 0) is 45.7 Å². The van der Waals surface area contributed by atoms with Crippen LogP contribution in [0.5, 0.6) is 0 Å². The van der Waals surface area contributed by atoms with Gasteiger partial charge in [-0.2, -0.15) is 0 Å². The topological polar surface area (TPSA) is 54.5 Å². The third-order valence-electron chi connectivity index (χ3n) is 4.07. The lowest BCUT2D eigenvalue weighted by molar-refractivity contribution is 0.0206. The fourth-order valence-electron chi connectivity index (χ4n) is 3.03. The number of hydrogen-bond acceptors (Lipinski definition) is 4. The number of likely N-dealkylation sites (tertiary alicyclic amines) is 1. The molecular formula is C19H25N3O2. The van der Waals surface area contributed by atoms with E-state index in [2.05, 4.69) is 22.4 Å². The molecule has 5 heteroatoms. The van der Waals surface area contributed by atoms with Gasteiger partial charge in [0.05, 0.1) is 11.2 Å². The summed E-state index contributed by atoms with van der Waals surface area (Å²) >= 11 is 0. The molecule has 2 heterocycles. The van der Waals surface area contributed by atoms with Gasteiger partial charge in [-0.15, -0.1) is 0 Å². The van der Waals surface area contributed by atoms with Gasteiger partial charge in [-0.3, -0.25) is 4.98 Å². The van der Waals surface area contributed by atoms with Crippen molar-refractivity contribution in [1.29, 1.82) is 0 Å². The van der Waals surface area contributed by atoms with E-state index in [1.807, 2.05) is 39.0 Å². The summed E-state index contributed by atoms with van der Waals surface area (Å²) in [5.41, 5.74) is 1.52. The highest BCUT2D eigenvalue weighted by Crippen LogP contribution is 2.24. The molecule has 1 N–H and O–H groups in total. The van der Waals surface area contributed by atoms with Crippen LogP contribution in [0.1, 0.15) is 33.6 Å². The number of amides is 1. The molecule has 3 rings (SSSR count). The Hall–Kier alpha value is -2.30. The summed E-state index contributed by atoms with van der Waals surface area (Å²) in [6.45, 7) is 7.09. The molecule has 24 heavy (non-hydrogen) atoms. The largest absolute Gasteiger partial charge is 0.444 e. The monoisotopic (exact) mass is 327 g/mol. The molecule has 1 amide bonds. The van der Waals surface area contributed by atoms with Crippen LogP contribution in [0.3, 0.4) is 0 Å². The summed E-state index contributed by atoms with van der Waals surface area (Å²) in [6.07, 6.45) is 3.57. The van der Waals surface area contributed by atoms with Crippen LogP contribution in [-0.4, -0.2) is 40.7 Å². The molecule has 0 unspecified atom stereocenters. The van der Waals surface area contributed by atoms with Gasteiger partial charge in [0.15, 0.2) is 0 Å². The zero-order chi connectivity index (χ0) is 17.2. The fraction of sp³-hybridized carbons (Fsp3) is 0.474. The number of rotatable bonds is 2. The summed E-state index contributed by atoms with van der Waals surface area (Å²) < 4.78 is 5.49. The van der Waals surface area contributed by atoms with E-state index in [0.29, 0.717) is 6.54 Å². The van der Waals surface area contributed by atoms with Crippen LogP contribution in [0.4, 0.5) is 10.5 Å². The lowest BCUT2D eigenvalue weighted by Crippen LogP contribution is -2.47. The number of nitrogens with one attached hydrogen (secondary N) is 1. The van der Waals surface area contributed by atoms with E-state index in [1.54, 1.807) is 11.1 Å². The molecule has 1 aromatic heterocycles. The molecule has 1 aliphatic heterocycles. The normalized spacial score (nSPS) is 18.5. The van der Waals surface area contributed by atoms with Gasteiger partial charge >= 0.3 is 6.09 Å². The van der Waals surface area contributed by atoms with Crippen LogP contribution < -0.4 is 5.32 Å². The Morgan fingerprint density at radius 3 is 2.88 bits per heavy atom. The Bertz CT molecular complexity index is 719. The van der Waals surface area contributed by atoms with Crippen molar-refractivity contribution in [3.63, 3.8) is 0 Å². The average molecular weight is 327 g/mol. The van der Waals surface area contributed by atoms with E-state index in [9.17, 15) is 4.79 Å². The second-order valence-electron chi connectivity index (χ2n) is 7.29. The molecule has 128 valence electrons. The van der Waals surface area contributed by atoms with Crippen molar-refractivity contribution in [3.05, 3.63) is 36.5 Å². The summed E-state index contributed by atoms with van der Waals surface area (Å²) in [5.74, 6) is 0. The number of aromatic nitrogens is 1. The molecule has 5 nitrogen and oxygen atoms in total. The third kappa shape index (κ3) is 3.96. The van der Waals surface area contributed by atoms with Crippen LogP contribution in [0, 0.1) is 0 Å². The maximum atomic E-state index is 12.3. The first-order valence-electron chi connectivity index (χ1n) is 8.50. The molecule has 1 fully saturated rings. The van der Waals surface area contributed by atoms with E-state index in [0.717, 1.165) is 36.0 Å². The smallest absolute Gasteiger partial charge is 0.410 e. The second-order valence-corrected chi connectivity index (χ2v) is 7.29. The number of benzene rings is 1. The predicted molar refractivity (Wildman–Crippen MR) is 96.2 cm³/mol. The van der Waals surface area contributed by atoms with Crippen LogP contribution in [0.2, 0.25) is 0 Å². The summed E-state index contributed by atoms with van der Waals surface area (Å²) in [4.78, 5) is 18.6. The maximum Gasteiger partial charge on any atom is 0.410 e. The summed E-state index contributed by atoms with van der Waals surface area (Å²) in [6, 6.07) is 10.3. The SMILES string of the molecule is CC(C)(C)OC(=O)N1CCC[C@@H](Nc2cccc3cccnc23)C1. The number of ether oxygens (including phenoxy) is 1. The first kappa shape index (κ1) is 16.6. The zero-order valence-electron chi connectivity index (χ0n) is 14.6. The molecular weight excluding hydrogens is 302 g/mol. The second kappa shape index (κ2) is 6.67. The minimum atomic E-state index is -0.461. The first-order valence-corrected chi connectivity index (χ1v) is 8.50. The van der Waals surface area contributed by atoms with Crippen LogP contribution >= 0.6 is 0 Å². The van der Waals surface area contributed by atoms with Gasteiger partial charge in [-0.1, -0.05) is 18.2 Å². The molecule has 0 spiro atoms. The van der Waals surface area contributed by atoms with Gasteiger partial charge in [0.1, 0.15) is 5.60 Å². The maximum absolute atomic E-state index is 12.3. The number of carbonyl (C=O) groups excluding carboxylic acids is 1. The van der Waals surface area contributed by atoms with Crippen molar-refractivity contribution in [2.45, 2.75) is 45.3 Å². The number of fused-ring (bicyclic) bond motifs is 1. The number of nitrogens with zero attached hydrogens (tertiary/aromatic N) is 2. The van der Waals surface area contributed by atoms with E-state index in [4.69, 9.17) is 4.74 Å². The summed E-state index contributed by atoms with van der Waals surface area (Å²) in [7, 11) is 0. The Kier molecular flexibility index (Phi) is 4.60. The minimum absolute atomic E-state index is 0.207. The van der Waals surface area contributed by atoms with E-state index < -0.39 is 5.60 Å². The number of hydrogen-bond donors (Lipinski definition) is 1. The fourth-order valence-corrected chi connectivity index (χ4v) is 3.03. The lowest BCUT2D eigenvalue weighted by Gasteiger charge is -2.34. The Labute approximate surface area is 143 Å². The Morgan fingerprint density at radius 1 is 1.29 bits per heavy atom. The van der Waals surface area contributed by atoms with Gasteiger partial charge in [0.2, 0.25) is 0 Å². The molecule has 1 aliphatic rings. The molecule has 1 saturated heterocycles. The highest BCUT2D eigenvalue weighted by Gasteiger charge is 2.27. The number of para-hydroxylation sites is 1. The minimum Gasteiger partial charge on any atom is -0.444 e. The molecule has 1 aromatic carbocycles. The van der Waals surface area contributed by atoms with Crippen LogP contribution in [0.15, 0.2) is 36.5 Å².